The summed E-state index contributed by atoms with van der Waals surface area (Å²) in [6.07, 6.45) is 2.92. The molecule has 0 saturated carbocycles. The number of hydrogen-bond acceptors (Lipinski definition) is 3. The van der Waals surface area contributed by atoms with Gasteiger partial charge in [-0.15, -0.1) is 0 Å². The number of hydrogen-bond donors (Lipinski definition) is 2. The van der Waals surface area contributed by atoms with Gasteiger partial charge in [0.1, 0.15) is 5.75 Å². The molecule has 112 valence electrons. The zero-order chi connectivity index (χ0) is 14.8. The van der Waals surface area contributed by atoms with E-state index >= 15 is 0 Å². The van der Waals surface area contributed by atoms with E-state index in [1.165, 1.54) is 0 Å². The normalized spacial score (nSPS) is 11.9. The van der Waals surface area contributed by atoms with Crippen molar-refractivity contribution in [3.63, 3.8) is 0 Å². The fraction of sp³-hybridized carbons (Fsp3) is 0.562. The number of carbonyl (C=O) groups excluding carboxylic acids is 1. The Labute approximate surface area is 121 Å². The molecule has 1 amide bonds. The molecular weight excluding hydrogens is 252 g/mol. The molecule has 20 heavy (non-hydrogen) atoms. The van der Waals surface area contributed by atoms with Gasteiger partial charge in [-0.1, -0.05) is 26.3 Å². The van der Waals surface area contributed by atoms with Crippen LogP contribution in [0.3, 0.4) is 0 Å². The number of ether oxygens (including phenoxy) is 1. The Kier molecular flexibility index (Phi) is 7.73. The van der Waals surface area contributed by atoms with Crippen molar-refractivity contribution in [3.8, 4) is 5.75 Å². The van der Waals surface area contributed by atoms with Crippen LogP contribution in [0.25, 0.3) is 0 Å². The van der Waals surface area contributed by atoms with Crippen molar-refractivity contribution >= 4 is 5.91 Å². The highest BCUT2D eigenvalue weighted by atomic mass is 16.5. The first-order valence-corrected chi connectivity index (χ1v) is 7.42. The van der Waals surface area contributed by atoms with Crippen molar-refractivity contribution in [2.45, 2.75) is 33.1 Å². The molecule has 0 heterocycles. The van der Waals surface area contributed by atoms with Crippen LogP contribution in [0.2, 0.25) is 0 Å². The SMILES string of the molecule is CCCOc1cccc(C(=O)NCC(CC)CCN)c1. The minimum atomic E-state index is -0.0533. The summed E-state index contributed by atoms with van der Waals surface area (Å²) in [4.78, 5) is 12.1. The van der Waals surface area contributed by atoms with Gasteiger partial charge in [0.25, 0.3) is 5.91 Å². The fourth-order valence-electron chi connectivity index (χ4n) is 1.97. The molecule has 0 radical (unpaired) electrons. The van der Waals surface area contributed by atoms with E-state index in [9.17, 15) is 4.79 Å². The highest BCUT2D eigenvalue weighted by Gasteiger charge is 2.10. The van der Waals surface area contributed by atoms with E-state index < -0.39 is 0 Å². The van der Waals surface area contributed by atoms with Crippen LogP contribution in [-0.2, 0) is 0 Å². The largest absolute Gasteiger partial charge is 0.494 e. The van der Waals surface area contributed by atoms with E-state index in [-0.39, 0.29) is 5.91 Å². The van der Waals surface area contributed by atoms with Crippen LogP contribution in [0.1, 0.15) is 43.5 Å². The van der Waals surface area contributed by atoms with Crippen molar-refractivity contribution in [3.05, 3.63) is 29.8 Å². The first-order chi connectivity index (χ1) is 9.71. The number of nitrogens with one attached hydrogen (secondary N) is 1. The Morgan fingerprint density at radius 3 is 2.85 bits per heavy atom. The quantitative estimate of drug-likeness (QED) is 0.729. The lowest BCUT2D eigenvalue weighted by molar-refractivity contribution is 0.0945. The van der Waals surface area contributed by atoms with Crippen molar-refractivity contribution in [2.24, 2.45) is 11.7 Å². The molecule has 4 heteroatoms. The summed E-state index contributed by atoms with van der Waals surface area (Å²) < 4.78 is 5.53. The smallest absolute Gasteiger partial charge is 0.251 e. The standard InChI is InChI=1S/C16H26N2O2/c1-3-10-20-15-7-5-6-14(11-15)16(19)18-12-13(4-2)8-9-17/h5-7,11,13H,3-4,8-10,12,17H2,1-2H3,(H,18,19). The van der Waals surface area contributed by atoms with Crippen molar-refractivity contribution in [1.82, 2.24) is 5.32 Å². The summed E-state index contributed by atoms with van der Waals surface area (Å²) in [5.74, 6) is 1.14. The molecule has 0 aliphatic carbocycles. The first kappa shape index (κ1) is 16.5. The zero-order valence-electron chi connectivity index (χ0n) is 12.5. The van der Waals surface area contributed by atoms with Gasteiger partial charge in [-0.3, -0.25) is 4.79 Å². The molecule has 0 aromatic heterocycles. The van der Waals surface area contributed by atoms with E-state index in [2.05, 4.69) is 19.2 Å². The Bertz CT molecular complexity index is 407. The summed E-state index contributed by atoms with van der Waals surface area (Å²) in [5.41, 5.74) is 6.20. The molecule has 1 aromatic rings. The molecule has 1 atom stereocenters. The molecular formula is C16H26N2O2. The van der Waals surface area contributed by atoms with Crippen LogP contribution in [0.4, 0.5) is 0 Å². The van der Waals surface area contributed by atoms with E-state index in [0.717, 1.165) is 25.0 Å². The van der Waals surface area contributed by atoms with E-state index in [1.807, 2.05) is 12.1 Å². The molecule has 4 nitrogen and oxygen atoms in total. The molecule has 0 aliphatic rings. The summed E-state index contributed by atoms with van der Waals surface area (Å²) in [5, 5.41) is 2.97. The first-order valence-electron chi connectivity index (χ1n) is 7.42. The molecule has 0 aliphatic heterocycles. The van der Waals surface area contributed by atoms with Crippen LogP contribution in [0, 0.1) is 5.92 Å². The van der Waals surface area contributed by atoms with Gasteiger partial charge in [0, 0.05) is 12.1 Å². The van der Waals surface area contributed by atoms with Gasteiger partial charge in [-0.25, -0.2) is 0 Å². The second-order valence-corrected chi connectivity index (χ2v) is 4.94. The van der Waals surface area contributed by atoms with Gasteiger partial charge in [-0.05, 0) is 43.5 Å². The highest BCUT2D eigenvalue weighted by molar-refractivity contribution is 5.94. The maximum absolute atomic E-state index is 12.1. The maximum Gasteiger partial charge on any atom is 0.251 e. The van der Waals surface area contributed by atoms with Crippen LogP contribution >= 0.6 is 0 Å². The second-order valence-electron chi connectivity index (χ2n) is 4.94. The monoisotopic (exact) mass is 278 g/mol. The van der Waals surface area contributed by atoms with Crippen molar-refractivity contribution < 1.29 is 9.53 Å². The molecule has 1 unspecified atom stereocenters. The van der Waals surface area contributed by atoms with E-state index in [1.54, 1.807) is 12.1 Å². The molecule has 1 rings (SSSR count). The number of amides is 1. The number of carbonyl (C=O) groups is 1. The van der Waals surface area contributed by atoms with Crippen LogP contribution in [0.15, 0.2) is 24.3 Å². The summed E-state index contributed by atoms with van der Waals surface area (Å²) in [7, 11) is 0. The Hall–Kier alpha value is -1.55. The van der Waals surface area contributed by atoms with Gasteiger partial charge in [0.15, 0.2) is 0 Å². The number of benzene rings is 1. The molecule has 0 fully saturated rings. The molecule has 1 aromatic carbocycles. The minimum Gasteiger partial charge on any atom is -0.494 e. The Balaban J connectivity index is 2.54. The lowest BCUT2D eigenvalue weighted by Crippen LogP contribution is -2.30. The molecule has 0 saturated heterocycles. The predicted molar refractivity (Wildman–Crippen MR) is 82.0 cm³/mol. The zero-order valence-corrected chi connectivity index (χ0v) is 12.5. The van der Waals surface area contributed by atoms with Gasteiger partial charge >= 0.3 is 0 Å². The second kappa shape index (κ2) is 9.37. The van der Waals surface area contributed by atoms with E-state index in [0.29, 0.717) is 31.2 Å². The third kappa shape index (κ3) is 5.61. The summed E-state index contributed by atoms with van der Waals surface area (Å²) in [6, 6.07) is 7.31. The minimum absolute atomic E-state index is 0.0533. The lowest BCUT2D eigenvalue weighted by Gasteiger charge is -2.14. The van der Waals surface area contributed by atoms with E-state index in [4.69, 9.17) is 10.5 Å². The summed E-state index contributed by atoms with van der Waals surface area (Å²) >= 11 is 0. The topological polar surface area (TPSA) is 64.3 Å². The highest BCUT2D eigenvalue weighted by Crippen LogP contribution is 2.14. The number of rotatable bonds is 9. The average Bonchev–Trinajstić information content (AvgIpc) is 2.49. The fourth-order valence-corrected chi connectivity index (χ4v) is 1.97. The summed E-state index contributed by atoms with van der Waals surface area (Å²) in [6.45, 7) is 6.17. The lowest BCUT2D eigenvalue weighted by atomic mass is 10.0. The van der Waals surface area contributed by atoms with Crippen LogP contribution in [0.5, 0.6) is 5.75 Å². The Morgan fingerprint density at radius 1 is 1.40 bits per heavy atom. The third-order valence-electron chi connectivity index (χ3n) is 3.27. The molecule has 0 bridgehead atoms. The third-order valence-corrected chi connectivity index (χ3v) is 3.27. The van der Waals surface area contributed by atoms with Gasteiger partial charge in [-0.2, -0.15) is 0 Å². The van der Waals surface area contributed by atoms with Gasteiger partial charge in [0.2, 0.25) is 0 Å². The van der Waals surface area contributed by atoms with Crippen molar-refractivity contribution in [1.29, 1.82) is 0 Å². The maximum atomic E-state index is 12.1. The van der Waals surface area contributed by atoms with Gasteiger partial charge in [0.05, 0.1) is 6.61 Å². The molecule has 3 N–H and O–H groups in total. The van der Waals surface area contributed by atoms with Crippen molar-refractivity contribution in [2.75, 3.05) is 19.7 Å². The molecule has 0 spiro atoms. The van der Waals surface area contributed by atoms with Crippen LogP contribution in [-0.4, -0.2) is 25.6 Å². The average molecular weight is 278 g/mol. The number of nitrogens with two attached hydrogens (primary N) is 1. The van der Waals surface area contributed by atoms with Gasteiger partial charge < -0.3 is 15.8 Å². The van der Waals surface area contributed by atoms with Crippen LogP contribution < -0.4 is 15.8 Å². The Morgan fingerprint density at radius 2 is 2.20 bits per heavy atom. The predicted octanol–water partition coefficient (Wildman–Crippen LogP) is 2.58.